The molecular formula is C23H19ClN4O. The summed E-state index contributed by atoms with van der Waals surface area (Å²) in [5.41, 5.74) is 4.67. The molecule has 0 amide bonds. The van der Waals surface area contributed by atoms with Crippen molar-refractivity contribution in [2.24, 2.45) is 0 Å². The van der Waals surface area contributed by atoms with Crippen molar-refractivity contribution < 1.29 is 4.52 Å². The summed E-state index contributed by atoms with van der Waals surface area (Å²) in [7, 11) is 1.81. The van der Waals surface area contributed by atoms with Crippen LogP contribution in [0, 0.1) is 6.92 Å². The van der Waals surface area contributed by atoms with E-state index in [0.717, 1.165) is 22.3 Å². The van der Waals surface area contributed by atoms with Crippen molar-refractivity contribution in [3.63, 3.8) is 0 Å². The van der Waals surface area contributed by atoms with Crippen molar-refractivity contribution in [3.8, 4) is 11.4 Å². The van der Waals surface area contributed by atoms with E-state index in [2.05, 4.69) is 39.5 Å². The van der Waals surface area contributed by atoms with E-state index in [4.69, 9.17) is 16.1 Å². The summed E-state index contributed by atoms with van der Waals surface area (Å²) >= 11 is 6.23. The molecule has 0 atom stereocenters. The molecule has 5 nitrogen and oxygen atoms in total. The van der Waals surface area contributed by atoms with E-state index in [1.54, 1.807) is 6.20 Å². The highest BCUT2D eigenvalue weighted by Gasteiger charge is 2.17. The molecule has 0 bridgehead atoms. The number of pyridine rings is 1. The number of hydrogen-bond acceptors (Lipinski definition) is 5. The maximum Gasteiger partial charge on any atom is 0.258 e. The molecule has 144 valence electrons. The molecule has 29 heavy (non-hydrogen) atoms. The second-order valence-electron chi connectivity index (χ2n) is 6.56. The Kier molecular flexibility index (Phi) is 5.40. The topological polar surface area (TPSA) is 63.8 Å². The smallest absolute Gasteiger partial charge is 0.258 e. The lowest BCUT2D eigenvalue weighted by Crippen LogP contribution is -1.96. The number of aryl methyl sites for hydroxylation is 1. The Morgan fingerprint density at radius 1 is 1.07 bits per heavy atom. The van der Waals surface area contributed by atoms with Gasteiger partial charge in [0.05, 0.1) is 5.56 Å². The number of anilines is 1. The minimum Gasteiger partial charge on any atom is -0.373 e. The first-order valence-corrected chi connectivity index (χ1v) is 9.53. The molecule has 4 aromatic rings. The molecule has 0 saturated carbocycles. The van der Waals surface area contributed by atoms with Gasteiger partial charge in [0.1, 0.15) is 5.82 Å². The van der Waals surface area contributed by atoms with Gasteiger partial charge in [-0.1, -0.05) is 58.7 Å². The Labute approximate surface area is 174 Å². The molecule has 0 radical (unpaired) electrons. The minimum absolute atomic E-state index is 0.412. The van der Waals surface area contributed by atoms with Gasteiger partial charge in [0.25, 0.3) is 5.89 Å². The highest BCUT2D eigenvalue weighted by Crippen LogP contribution is 2.30. The molecule has 2 aromatic carbocycles. The van der Waals surface area contributed by atoms with E-state index >= 15 is 0 Å². The van der Waals surface area contributed by atoms with Crippen LogP contribution in [0.5, 0.6) is 0 Å². The van der Waals surface area contributed by atoms with Crippen LogP contribution >= 0.6 is 11.6 Å². The van der Waals surface area contributed by atoms with Crippen molar-refractivity contribution in [3.05, 3.63) is 94.5 Å². The second kappa shape index (κ2) is 8.29. The van der Waals surface area contributed by atoms with Crippen molar-refractivity contribution in [1.82, 2.24) is 15.1 Å². The summed E-state index contributed by atoms with van der Waals surface area (Å²) in [5.74, 6) is 1.57. The van der Waals surface area contributed by atoms with Crippen LogP contribution in [0.2, 0.25) is 5.02 Å². The summed E-state index contributed by atoms with van der Waals surface area (Å²) in [6.07, 6.45) is 3.74. The molecule has 2 heterocycles. The van der Waals surface area contributed by atoms with Crippen LogP contribution in [0.1, 0.15) is 22.6 Å². The first-order valence-electron chi connectivity index (χ1n) is 9.15. The summed E-state index contributed by atoms with van der Waals surface area (Å²) < 4.78 is 5.65. The van der Waals surface area contributed by atoms with E-state index in [0.29, 0.717) is 22.6 Å². The molecule has 0 saturated heterocycles. The fraction of sp³-hybridized carbons (Fsp3) is 0.0870. The van der Waals surface area contributed by atoms with Crippen LogP contribution in [-0.4, -0.2) is 22.2 Å². The van der Waals surface area contributed by atoms with Gasteiger partial charge in [-0.2, -0.15) is 4.98 Å². The van der Waals surface area contributed by atoms with Crippen molar-refractivity contribution >= 4 is 29.1 Å². The van der Waals surface area contributed by atoms with E-state index < -0.39 is 0 Å². The maximum atomic E-state index is 6.23. The number of benzene rings is 2. The molecule has 0 spiro atoms. The van der Waals surface area contributed by atoms with Gasteiger partial charge in [-0.15, -0.1) is 0 Å². The van der Waals surface area contributed by atoms with Crippen LogP contribution in [0.4, 0.5) is 5.82 Å². The number of hydrogen-bond donors (Lipinski definition) is 1. The fourth-order valence-corrected chi connectivity index (χ4v) is 3.27. The lowest BCUT2D eigenvalue weighted by Gasteiger charge is -2.05. The molecule has 4 rings (SSSR count). The Morgan fingerprint density at radius 2 is 1.93 bits per heavy atom. The third-order valence-electron chi connectivity index (χ3n) is 4.43. The lowest BCUT2D eigenvalue weighted by molar-refractivity contribution is 0.409. The first kappa shape index (κ1) is 18.9. The van der Waals surface area contributed by atoms with E-state index in [1.165, 1.54) is 5.56 Å². The molecule has 0 fully saturated rings. The quantitative estimate of drug-likeness (QED) is 0.432. The number of nitrogens with one attached hydrogen (secondary N) is 1. The van der Waals surface area contributed by atoms with Gasteiger partial charge in [-0.05, 0) is 48.4 Å². The highest BCUT2D eigenvalue weighted by atomic mass is 35.5. The molecule has 2 aromatic heterocycles. The molecule has 1 N–H and O–H groups in total. The number of nitrogens with zero attached hydrogens (tertiary/aromatic N) is 3. The molecule has 6 heteroatoms. The molecule has 0 unspecified atom stereocenters. The van der Waals surface area contributed by atoms with Crippen LogP contribution in [0.25, 0.3) is 23.0 Å². The standard InChI is InChI=1S/C23H19ClN4O/c1-15-6-3-7-16(12-15)13-20(17-8-4-9-18(24)14-17)23-27-22(28-29-23)19-10-5-11-26-21(19)25-2/h3-14H,1-2H3,(H,25,26). The zero-order chi connectivity index (χ0) is 20.2. The fourth-order valence-electron chi connectivity index (χ4n) is 3.08. The minimum atomic E-state index is 0.412. The zero-order valence-corrected chi connectivity index (χ0v) is 16.8. The van der Waals surface area contributed by atoms with E-state index in [1.807, 2.05) is 61.7 Å². The first-order chi connectivity index (χ1) is 14.1. The summed E-state index contributed by atoms with van der Waals surface area (Å²) in [6, 6.07) is 19.5. The number of rotatable bonds is 5. The number of aromatic nitrogens is 3. The molecular weight excluding hydrogens is 384 g/mol. The van der Waals surface area contributed by atoms with Gasteiger partial charge in [0.15, 0.2) is 0 Å². The average Bonchev–Trinajstić information content (AvgIpc) is 3.22. The van der Waals surface area contributed by atoms with Crippen molar-refractivity contribution in [2.45, 2.75) is 6.92 Å². The van der Waals surface area contributed by atoms with E-state index in [-0.39, 0.29) is 0 Å². The van der Waals surface area contributed by atoms with Crippen LogP contribution in [-0.2, 0) is 0 Å². The van der Waals surface area contributed by atoms with Crippen molar-refractivity contribution in [2.75, 3.05) is 12.4 Å². The highest BCUT2D eigenvalue weighted by molar-refractivity contribution is 6.30. The predicted octanol–water partition coefficient (Wildman–Crippen LogP) is 5.72. The van der Waals surface area contributed by atoms with Gasteiger partial charge >= 0.3 is 0 Å². The largest absolute Gasteiger partial charge is 0.373 e. The Hall–Kier alpha value is -3.44. The van der Waals surface area contributed by atoms with Crippen molar-refractivity contribution in [1.29, 1.82) is 0 Å². The summed E-state index contributed by atoms with van der Waals surface area (Å²) in [5, 5.41) is 7.88. The third kappa shape index (κ3) is 4.20. The third-order valence-corrected chi connectivity index (χ3v) is 4.67. The van der Waals surface area contributed by atoms with E-state index in [9.17, 15) is 0 Å². The Balaban J connectivity index is 1.83. The predicted molar refractivity (Wildman–Crippen MR) is 117 cm³/mol. The zero-order valence-electron chi connectivity index (χ0n) is 16.1. The van der Waals surface area contributed by atoms with Gasteiger partial charge in [-0.25, -0.2) is 4.98 Å². The average molecular weight is 403 g/mol. The Morgan fingerprint density at radius 3 is 2.72 bits per heavy atom. The van der Waals surface area contributed by atoms with Crippen LogP contribution in [0.15, 0.2) is 71.4 Å². The monoisotopic (exact) mass is 402 g/mol. The van der Waals surface area contributed by atoms with Gasteiger partial charge < -0.3 is 9.84 Å². The van der Waals surface area contributed by atoms with Gasteiger partial charge in [0, 0.05) is 23.8 Å². The number of halogens is 1. The summed E-state index contributed by atoms with van der Waals surface area (Å²) in [6.45, 7) is 2.06. The molecule has 0 aliphatic rings. The van der Waals surface area contributed by atoms with Gasteiger partial charge in [-0.3, -0.25) is 0 Å². The summed E-state index contributed by atoms with van der Waals surface area (Å²) in [4.78, 5) is 8.95. The SMILES string of the molecule is CNc1ncccc1-c1noc(C(=Cc2cccc(C)c2)c2cccc(Cl)c2)n1. The van der Waals surface area contributed by atoms with Crippen LogP contribution in [0.3, 0.4) is 0 Å². The second-order valence-corrected chi connectivity index (χ2v) is 6.99. The normalized spacial score (nSPS) is 11.5. The Bertz CT molecular complexity index is 1180. The van der Waals surface area contributed by atoms with Gasteiger partial charge in [0.2, 0.25) is 5.82 Å². The molecule has 0 aliphatic carbocycles. The molecule has 0 aliphatic heterocycles. The van der Waals surface area contributed by atoms with Crippen LogP contribution < -0.4 is 5.32 Å². The maximum absolute atomic E-state index is 6.23. The lowest BCUT2D eigenvalue weighted by atomic mass is 10.0.